The number of anilines is 1. The largest absolute Gasteiger partial charge is 0.494 e. The molecule has 0 heterocycles. The molecule has 3 N–H and O–H groups in total. The monoisotopic (exact) mass is 401 g/mol. The highest BCUT2D eigenvalue weighted by Crippen LogP contribution is 2.13. The fourth-order valence-electron chi connectivity index (χ4n) is 2.31. The summed E-state index contributed by atoms with van der Waals surface area (Å²) in [7, 11) is 1.57. The molecule has 0 saturated carbocycles. The molecular weight excluding hydrogens is 378 g/mol. The van der Waals surface area contributed by atoms with Crippen LogP contribution in [0.15, 0.2) is 48.5 Å². The van der Waals surface area contributed by atoms with Gasteiger partial charge in [-0.25, -0.2) is 0 Å². The second kappa shape index (κ2) is 11.0. The lowest BCUT2D eigenvalue weighted by Crippen LogP contribution is -2.34. The van der Waals surface area contributed by atoms with E-state index in [9.17, 15) is 9.59 Å². The van der Waals surface area contributed by atoms with Crippen molar-refractivity contribution in [3.8, 4) is 5.75 Å². The smallest absolute Gasteiger partial charge is 0.257 e. The molecule has 0 aliphatic heterocycles. The number of hydrogen-bond acceptors (Lipinski definition) is 5. The van der Waals surface area contributed by atoms with Crippen molar-refractivity contribution in [3.63, 3.8) is 0 Å². The summed E-state index contributed by atoms with van der Waals surface area (Å²) in [6.45, 7) is 3.31. The fourth-order valence-corrected chi connectivity index (χ4v) is 2.52. The third-order valence-electron chi connectivity index (χ3n) is 3.63. The van der Waals surface area contributed by atoms with Gasteiger partial charge in [-0.1, -0.05) is 6.07 Å². The van der Waals surface area contributed by atoms with Gasteiger partial charge in [0.15, 0.2) is 5.11 Å². The van der Waals surface area contributed by atoms with Crippen molar-refractivity contribution in [2.45, 2.75) is 6.92 Å². The van der Waals surface area contributed by atoms with Crippen LogP contribution in [-0.4, -0.2) is 43.8 Å². The molecule has 0 fully saturated rings. The molecule has 0 bridgehead atoms. The van der Waals surface area contributed by atoms with E-state index in [1.807, 2.05) is 6.92 Å². The average molecular weight is 401 g/mol. The van der Waals surface area contributed by atoms with Gasteiger partial charge in [-0.05, 0) is 61.6 Å². The Morgan fingerprint density at radius 2 is 1.79 bits per heavy atom. The lowest BCUT2D eigenvalue weighted by atomic mass is 10.2. The third kappa shape index (κ3) is 6.64. The molecule has 0 unspecified atom stereocenters. The first-order valence-corrected chi connectivity index (χ1v) is 9.16. The highest BCUT2D eigenvalue weighted by Gasteiger charge is 2.10. The maximum atomic E-state index is 12.3. The number of benzene rings is 2. The van der Waals surface area contributed by atoms with Crippen LogP contribution in [0, 0.1) is 0 Å². The number of ether oxygens (including phenoxy) is 2. The Kier molecular flexibility index (Phi) is 8.38. The molecule has 0 aliphatic carbocycles. The molecule has 0 saturated heterocycles. The van der Waals surface area contributed by atoms with Gasteiger partial charge < -0.3 is 20.1 Å². The van der Waals surface area contributed by atoms with Crippen molar-refractivity contribution < 1.29 is 19.1 Å². The topological polar surface area (TPSA) is 88.7 Å². The van der Waals surface area contributed by atoms with E-state index < -0.39 is 0 Å². The highest BCUT2D eigenvalue weighted by molar-refractivity contribution is 7.80. The zero-order chi connectivity index (χ0) is 20.4. The first-order chi connectivity index (χ1) is 13.5. The number of rotatable bonds is 8. The van der Waals surface area contributed by atoms with Crippen LogP contribution < -0.4 is 20.7 Å². The fraction of sp³-hybridized carbons (Fsp3) is 0.250. The van der Waals surface area contributed by atoms with Crippen molar-refractivity contribution in [1.29, 1.82) is 0 Å². The average Bonchev–Trinajstić information content (AvgIpc) is 2.69. The Morgan fingerprint density at radius 1 is 1.04 bits per heavy atom. The summed E-state index contributed by atoms with van der Waals surface area (Å²) in [6.07, 6.45) is 0. The van der Waals surface area contributed by atoms with Gasteiger partial charge in [-0.3, -0.25) is 14.9 Å². The Labute approximate surface area is 169 Å². The van der Waals surface area contributed by atoms with Gasteiger partial charge in [0.2, 0.25) is 0 Å². The molecule has 2 aromatic carbocycles. The standard InChI is InChI=1S/C20H23N3O4S/c1-3-27-17-9-7-14(8-10-17)19(25)23-20(28)22-16-6-4-5-15(13-16)18(24)21-11-12-26-2/h4-10,13H,3,11-12H2,1-2H3,(H,21,24)(H2,22,23,25,28). The maximum absolute atomic E-state index is 12.3. The zero-order valence-corrected chi connectivity index (χ0v) is 16.6. The number of hydrogen-bond donors (Lipinski definition) is 3. The third-order valence-corrected chi connectivity index (χ3v) is 3.83. The van der Waals surface area contributed by atoms with E-state index in [0.29, 0.717) is 42.3 Å². The molecule has 8 heteroatoms. The van der Waals surface area contributed by atoms with E-state index in [0.717, 1.165) is 0 Å². The van der Waals surface area contributed by atoms with Crippen LogP contribution in [0.3, 0.4) is 0 Å². The van der Waals surface area contributed by atoms with E-state index in [4.69, 9.17) is 21.7 Å². The molecule has 0 aliphatic rings. The second-order valence-corrected chi connectivity index (χ2v) is 6.10. The van der Waals surface area contributed by atoms with Crippen molar-refractivity contribution in [2.75, 3.05) is 32.2 Å². The molecule has 28 heavy (non-hydrogen) atoms. The first-order valence-electron chi connectivity index (χ1n) is 8.76. The van der Waals surface area contributed by atoms with Gasteiger partial charge in [0.1, 0.15) is 5.75 Å². The predicted octanol–water partition coefficient (Wildman–Crippen LogP) is 2.59. The van der Waals surface area contributed by atoms with Crippen molar-refractivity contribution in [3.05, 3.63) is 59.7 Å². The molecule has 2 amide bonds. The lowest BCUT2D eigenvalue weighted by molar-refractivity contribution is 0.0935. The molecule has 7 nitrogen and oxygen atoms in total. The number of carbonyl (C=O) groups is 2. The summed E-state index contributed by atoms with van der Waals surface area (Å²) >= 11 is 5.19. The molecule has 148 valence electrons. The summed E-state index contributed by atoms with van der Waals surface area (Å²) in [5.74, 6) is 0.138. The quantitative estimate of drug-likeness (QED) is 0.465. The van der Waals surface area contributed by atoms with Crippen LogP contribution >= 0.6 is 12.2 Å². The van der Waals surface area contributed by atoms with Crippen molar-refractivity contribution in [2.24, 2.45) is 0 Å². The van der Waals surface area contributed by atoms with Crippen LogP contribution in [0.25, 0.3) is 0 Å². The molecular formula is C20H23N3O4S. The van der Waals surface area contributed by atoms with Crippen LogP contribution in [0.4, 0.5) is 5.69 Å². The van der Waals surface area contributed by atoms with Crippen LogP contribution in [0.2, 0.25) is 0 Å². The van der Waals surface area contributed by atoms with Crippen LogP contribution in [0.5, 0.6) is 5.75 Å². The molecule has 2 rings (SSSR count). The van der Waals surface area contributed by atoms with Gasteiger partial charge in [0.05, 0.1) is 13.2 Å². The molecule has 0 spiro atoms. The summed E-state index contributed by atoms with van der Waals surface area (Å²) in [5, 5.41) is 8.40. The van der Waals surface area contributed by atoms with E-state index in [2.05, 4.69) is 16.0 Å². The zero-order valence-electron chi connectivity index (χ0n) is 15.8. The number of thiocarbonyl (C=S) groups is 1. The number of amides is 2. The van der Waals surface area contributed by atoms with Crippen LogP contribution in [0.1, 0.15) is 27.6 Å². The molecule has 2 aromatic rings. The minimum atomic E-state index is -0.339. The molecule has 0 aromatic heterocycles. The van der Waals surface area contributed by atoms with Gasteiger partial charge in [0, 0.05) is 30.5 Å². The summed E-state index contributed by atoms with van der Waals surface area (Å²) < 4.78 is 10.3. The predicted molar refractivity (Wildman–Crippen MR) is 112 cm³/mol. The first kappa shape index (κ1) is 21.3. The van der Waals surface area contributed by atoms with Crippen molar-refractivity contribution >= 4 is 34.8 Å². The Morgan fingerprint density at radius 3 is 2.46 bits per heavy atom. The highest BCUT2D eigenvalue weighted by atomic mass is 32.1. The van der Waals surface area contributed by atoms with Crippen molar-refractivity contribution in [1.82, 2.24) is 10.6 Å². The van der Waals surface area contributed by atoms with Gasteiger partial charge in [-0.15, -0.1) is 0 Å². The summed E-state index contributed by atoms with van der Waals surface area (Å²) in [5.41, 5.74) is 1.53. The van der Waals surface area contributed by atoms with Gasteiger partial charge in [-0.2, -0.15) is 0 Å². The Balaban J connectivity index is 1.92. The van der Waals surface area contributed by atoms with E-state index in [1.165, 1.54) is 0 Å². The van der Waals surface area contributed by atoms with E-state index >= 15 is 0 Å². The summed E-state index contributed by atoms with van der Waals surface area (Å²) in [6, 6.07) is 13.6. The lowest BCUT2D eigenvalue weighted by Gasteiger charge is -2.11. The van der Waals surface area contributed by atoms with Crippen LogP contribution in [-0.2, 0) is 4.74 Å². The van der Waals surface area contributed by atoms with Gasteiger partial charge in [0.25, 0.3) is 11.8 Å². The molecule has 0 radical (unpaired) electrons. The number of nitrogens with one attached hydrogen (secondary N) is 3. The molecule has 0 atom stereocenters. The van der Waals surface area contributed by atoms with Gasteiger partial charge >= 0.3 is 0 Å². The minimum Gasteiger partial charge on any atom is -0.494 e. The Hall–Kier alpha value is -2.97. The number of methoxy groups -OCH3 is 1. The van der Waals surface area contributed by atoms with E-state index in [-0.39, 0.29) is 16.9 Å². The summed E-state index contributed by atoms with van der Waals surface area (Å²) in [4.78, 5) is 24.4. The normalized spacial score (nSPS) is 10.1. The Bertz CT molecular complexity index is 824. The SMILES string of the molecule is CCOc1ccc(C(=O)NC(=S)Nc2cccc(C(=O)NCCOC)c2)cc1. The second-order valence-electron chi connectivity index (χ2n) is 5.70. The number of carbonyl (C=O) groups excluding carboxylic acids is 2. The minimum absolute atomic E-state index is 0.135. The maximum Gasteiger partial charge on any atom is 0.257 e. The van der Waals surface area contributed by atoms with E-state index in [1.54, 1.807) is 55.6 Å².